The van der Waals surface area contributed by atoms with E-state index < -0.39 is 54.1 Å². The third-order valence-corrected chi connectivity index (χ3v) is 2.39. The van der Waals surface area contributed by atoms with Crippen molar-refractivity contribution in [3.63, 3.8) is 0 Å². The van der Waals surface area contributed by atoms with E-state index in [1.54, 1.807) is 0 Å². The van der Waals surface area contributed by atoms with Crippen molar-refractivity contribution in [2.45, 2.75) is 31.0 Å². The van der Waals surface area contributed by atoms with Crippen LogP contribution in [0.5, 0.6) is 0 Å². The van der Waals surface area contributed by atoms with Crippen molar-refractivity contribution in [3.05, 3.63) is 40.8 Å². The van der Waals surface area contributed by atoms with Gasteiger partial charge in [0.05, 0.1) is 22.5 Å². The first-order chi connectivity index (χ1) is 13.0. The van der Waals surface area contributed by atoms with Gasteiger partial charge in [-0.1, -0.05) is 30.3 Å². The first-order valence-corrected chi connectivity index (χ1v) is 5.31. The van der Waals surface area contributed by atoms with Crippen LogP contribution in [0.3, 0.4) is 0 Å². The summed E-state index contributed by atoms with van der Waals surface area (Å²) in [5.41, 5.74) is -0.409. The van der Waals surface area contributed by atoms with E-state index in [0.29, 0.717) is 0 Å². The van der Waals surface area contributed by atoms with Gasteiger partial charge in [0.2, 0.25) is 0 Å². The standard InChI is InChI=1S/C14H18N2O3/c1-19-14(17)13(11-7-3-2-4-8-11)12-9-5-6-10-16(12)15-18/h2-4,7-8,12-13H,5-6,9-10H2,1H3/i5D2,6D2,9D2,10D2,12D,13D. The lowest BCUT2D eigenvalue weighted by molar-refractivity contribution is -0.144. The molecule has 0 N–H and O–H groups in total. The highest BCUT2D eigenvalue weighted by atomic mass is 16.5. The van der Waals surface area contributed by atoms with E-state index in [-0.39, 0.29) is 0 Å². The summed E-state index contributed by atoms with van der Waals surface area (Å²) in [6.07, 6.45) is -11.3. The third-order valence-electron chi connectivity index (χ3n) is 2.39. The van der Waals surface area contributed by atoms with Crippen molar-refractivity contribution in [3.8, 4) is 0 Å². The molecule has 2 atom stereocenters. The lowest BCUT2D eigenvalue weighted by Gasteiger charge is -2.35. The zero-order chi connectivity index (χ0) is 22.7. The van der Waals surface area contributed by atoms with Crippen LogP contribution in [0.1, 0.15) is 44.3 Å². The maximum atomic E-state index is 12.7. The summed E-state index contributed by atoms with van der Waals surface area (Å²) >= 11 is 0. The summed E-state index contributed by atoms with van der Waals surface area (Å²) in [6.45, 7) is -3.71. The zero-order valence-electron chi connectivity index (χ0n) is 20.0. The highest BCUT2D eigenvalue weighted by Gasteiger charge is 2.36. The van der Waals surface area contributed by atoms with Gasteiger partial charge in [-0.15, -0.1) is 4.91 Å². The minimum Gasteiger partial charge on any atom is -0.468 e. The molecule has 0 bridgehead atoms. The third kappa shape index (κ3) is 2.92. The number of methoxy groups -OCH3 is 1. The van der Waals surface area contributed by atoms with E-state index in [4.69, 9.17) is 13.7 Å². The Hall–Kier alpha value is -1.91. The number of esters is 1. The molecule has 5 heteroatoms. The van der Waals surface area contributed by atoms with Crippen LogP contribution < -0.4 is 0 Å². The minimum absolute atomic E-state index is 0.409. The topological polar surface area (TPSA) is 59.0 Å². The second kappa shape index (κ2) is 6.31. The Balaban J connectivity index is 3.04. The molecule has 2 rings (SSSR count). The van der Waals surface area contributed by atoms with Gasteiger partial charge in [-0.25, -0.2) is 0 Å². The number of hydrogen-bond acceptors (Lipinski definition) is 4. The van der Waals surface area contributed by atoms with Crippen LogP contribution in [0.15, 0.2) is 35.6 Å². The van der Waals surface area contributed by atoms with Gasteiger partial charge >= 0.3 is 5.97 Å². The Morgan fingerprint density at radius 2 is 2.32 bits per heavy atom. The molecule has 1 aliphatic heterocycles. The summed E-state index contributed by atoms with van der Waals surface area (Å²) in [7, 11) is 0.817. The van der Waals surface area contributed by atoms with Gasteiger partial charge in [0, 0.05) is 16.1 Å². The summed E-state index contributed by atoms with van der Waals surface area (Å²) in [5.74, 6) is -4.83. The van der Waals surface area contributed by atoms with Gasteiger partial charge in [-0.3, -0.25) is 9.80 Å². The zero-order valence-corrected chi connectivity index (χ0v) is 10.0. The van der Waals surface area contributed by atoms with Crippen molar-refractivity contribution < 1.29 is 23.2 Å². The lowest BCUT2D eigenvalue weighted by atomic mass is 9.86. The van der Waals surface area contributed by atoms with E-state index >= 15 is 0 Å². The summed E-state index contributed by atoms with van der Waals surface area (Å²) in [4.78, 5) is 24.3. The van der Waals surface area contributed by atoms with Crippen LogP contribution in [0, 0.1) is 4.91 Å². The smallest absolute Gasteiger partial charge is 0.315 e. The van der Waals surface area contributed by atoms with E-state index in [2.05, 4.69) is 10.0 Å². The van der Waals surface area contributed by atoms with Crippen LogP contribution in [-0.2, 0) is 9.53 Å². The molecule has 1 fully saturated rings. The molecule has 1 aliphatic rings. The van der Waals surface area contributed by atoms with Gasteiger partial charge in [-0.2, -0.15) is 0 Å². The molecule has 1 heterocycles. The molecule has 0 amide bonds. The van der Waals surface area contributed by atoms with Crippen LogP contribution in [0.25, 0.3) is 0 Å². The maximum absolute atomic E-state index is 12.7. The number of hydrogen-bond donors (Lipinski definition) is 0. The van der Waals surface area contributed by atoms with Crippen LogP contribution in [0.4, 0.5) is 0 Å². The van der Waals surface area contributed by atoms with Crippen molar-refractivity contribution in [1.29, 1.82) is 0 Å². The molecule has 1 aromatic carbocycles. The first-order valence-electron chi connectivity index (χ1n) is 10.3. The Labute approximate surface area is 126 Å². The summed E-state index contributed by atoms with van der Waals surface area (Å²) in [6, 6.07) is 2.64. The van der Waals surface area contributed by atoms with Crippen LogP contribution >= 0.6 is 0 Å². The number of ether oxygens (including phenoxy) is 1. The fourth-order valence-electron chi connectivity index (χ4n) is 1.57. The highest BCUT2D eigenvalue weighted by molar-refractivity contribution is 5.79. The van der Waals surface area contributed by atoms with Gasteiger partial charge in [0.25, 0.3) is 0 Å². The first kappa shape index (κ1) is 5.61. The predicted octanol–water partition coefficient (Wildman–Crippen LogP) is 2.48. The Bertz CT molecular complexity index is 821. The van der Waals surface area contributed by atoms with Crippen molar-refractivity contribution >= 4 is 5.97 Å². The number of rotatable bonds is 4. The van der Waals surface area contributed by atoms with Gasteiger partial charge in [0.1, 0.15) is 5.89 Å². The van der Waals surface area contributed by atoms with Gasteiger partial charge in [-0.05, 0) is 24.7 Å². The SMILES string of the molecule is [2H]C(C(=O)OC)(c1ccccc1)C1([2H])N(N=O)C([2H])([2H])C([2H])([2H])C([2H])([2H])C1([2H])[2H]. The minimum atomic E-state index is -3.81. The molecule has 19 heavy (non-hydrogen) atoms. The second-order valence-corrected chi connectivity index (χ2v) is 3.46. The lowest BCUT2D eigenvalue weighted by Crippen LogP contribution is -2.42. The molecule has 2 unspecified atom stereocenters. The molecular weight excluding hydrogens is 244 g/mol. The van der Waals surface area contributed by atoms with E-state index in [1.165, 1.54) is 18.2 Å². The quantitative estimate of drug-likeness (QED) is 0.624. The Morgan fingerprint density at radius 1 is 1.58 bits per heavy atom. The number of piperidine rings is 1. The second-order valence-electron chi connectivity index (χ2n) is 3.46. The number of nitrogens with zero attached hydrogens (tertiary/aromatic N) is 2. The van der Waals surface area contributed by atoms with E-state index in [9.17, 15) is 9.70 Å². The number of nitroso groups, excluding NO2 is 1. The van der Waals surface area contributed by atoms with Gasteiger partial charge in [0.15, 0.2) is 0 Å². The average Bonchev–Trinajstić information content (AvgIpc) is 2.65. The maximum Gasteiger partial charge on any atom is 0.315 e. The largest absolute Gasteiger partial charge is 0.468 e. The van der Waals surface area contributed by atoms with Crippen molar-refractivity contribution in [2.75, 3.05) is 13.6 Å². The number of carbonyl (C=O) groups excluding carboxylic acids is 1. The molecular formula is C14H18N2O3. The Kier molecular flexibility index (Phi) is 1.86. The van der Waals surface area contributed by atoms with Crippen molar-refractivity contribution in [2.24, 2.45) is 5.29 Å². The summed E-state index contributed by atoms with van der Waals surface area (Å²) < 4.78 is 86.1. The Morgan fingerprint density at radius 3 is 2.95 bits per heavy atom. The summed E-state index contributed by atoms with van der Waals surface area (Å²) in [5, 5.41) is 1.74. The van der Waals surface area contributed by atoms with Crippen molar-refractivity contribution in [1.82, 2.24) is 5.01 Å². The molecule has 0 aromatic heterocycles. The predicted molar refractivity (Wildman–Crippen MR) is 71.3 cm³/mol. The molecule has 0 radical (unpaired) electrons. The molecule has 1 saturated heterocycles. The van der Waals surface area contributed by atoms with E-state index in [1.807, 2.05) is 0 Å². The van der Waals surface area contributed by atoms with E-state index in [0.717, 1.165) is 19.2 Å². The monoisotopic (exact) mass is 272 g/mol. The fraction of sp³-hybridized carbons (Fsp3) is 0.500. The molecule has 0 spiro atoms. The van der Waals surface area contributed by atoms with Crippen LogP contribution in [0.2, 0.25) is 0 Å². The van der Waals surface area contributed by atoms with Gasteiger partial charge < -0.3 is 4.74 Å². The molecule has 0 aliphatic carbocycles. The van der Waals surface area contributed by atoms with Crippen LogP contribution in [-0.4, -0.2) is 30.6 Å². The molecule has 102 valence electrons. The fourth-order valence-corrected chi connectivity index (χ4v) is 1.57. The highest BCUT2D eigenvalue weighted by Crippen LogP contribution is 2.31. The average molecular weight is 272 g/mol. The normalized spacial score (nSPS) is 44.6. The number of carbonyl (C=O) groups is 1. The molecule has 0 saturated carbocycles. The number of benzene rings is 1. The molecule has 1 aromatic rings. The molecule has 5 nitrogen and oxygen atoms in total.